The molecule has 5 rings (SSSR count). The van der Waals surface area contributed by atoms with Crippen LogP contribution in [0.1, 0.15) is 49.1 Å². The van der Waals surface area contributed by atoms with Gasteiger partial charge >= 0.3 is 5.97 Å². The summed E-state index contributed by atoms with van der Waals surface area (Å²) in [4.78, 5) is 30.6. The number of fused-ring (bicyclic) bond motifs is 1. The summed E-state index contributed by atoms with van der Waals surface area (Å²) in [7, 11) is 3.66. The highest BCUT2D eigenvalue weighted by molar-refractivity contribution is 7.22. The number of methoxy groups -OCH3 is 1. The number of carbonyl (C=O) groups excluding carboxylic acids is 1. The zero-order valence-electron chi connectivity index (χ0n) is 25.7. The molecule has 44 heavy (non-hydrogen) atoms. The van der Waals surface area contributed by atoms with Crippen LogP contribution in [0, 0.1) is 11.7 Å². The molecule has 2 heterocycles. The molecule has 0 N–H and O–H groups in total. The first-order valence-corrected chi connectivity index (χ1v) is 15.4. The Morgan fingerprint density at radius 2 is 1.66 bits per heavy atom. The third-order valence-corrected chi connectivity index (χ3v) is 8.93. The number of ether oxygens (including phenoxy) is 2. The fraction of sp³-hybridized carbons (Fsp3) is 0.278. The largest absolute Gasteiger partial charge is 0.497 e. The molecule has 0 amide bonds. The number of rotatable bonds is 11. The lowest BCUT2D eigenvalue weighted by Gasteiger charge is -2.23. The van der Waals surface area contributed by atoms with Crippen molar-refractivity contribution in [2.45, 2.75) is 46.5 Å². The minimum Gasteiger partial charge on any atom is -0.497 e. The van der Waals surface area contributed by atoms with Gasteiger partial charge in [0.05, 0.1) is 24.6 Å². The van der Waals surface area contributed by atoms with Crippen LogP contribution >= 0.6 is 11.3 Å². The number of pyridine rings is 1. The standard InChI is InChI=1S/C36H37FN2O4S/c1-23(2)34(43-24(3)40)30-22-39(20-27-13-9-10-14-31(27)37)36-32(33(30)41)29(21-38(4)19-25-11-7-6-8-12-25)35(44-36)26-15-17-28(42-5)18-16-26/h6-18,22-23,34H,19-21H2,1-5H3. The van der Waals surface area contributed by atoms with E-state index < -0.39 is 12.1 Å². The van der Waals surface area contributed by atoms with Crippen LogP contribution in [0.5, 0.6) is 5.75 Å². The Morgan fingerprint density at radius 3 is 2.30 bits per heavy atom. The molecule has 0 aliphatic carbocycles. The van der Waals surface area contributed by atoms with Gasteiger partial charge in [0.1, 0.15) is 22.5 Å². The minimum absolute atomic E-state index is 0.158. The van der Waals surface area contributed by atoms with Gasteiger partial charge in [-0.3, -0.25) is 14.5 Å². The van der Waals surface area contributed by atoms with E-state index in [0.717, 1.165) is 32.1 Å². The van der Waals surface area contributed by atoms with Crippen LogP contribution in [-0.2, 0) is 29.2 Å². The van der Waals surface area contributed by atoms with E-state index in [-0.39, 0.29) is 23.7 Å². The second kappa shape index (κ2) is 13.6. The van der Waals surface area contributed by atoms with Crippen molar-refractivity contribution >= 4 is 27.5 Å². The monoisotopic (exact) mass is 612 g/mol. The summed E-state index contributed by atoms with van der Waals surface area (Å²) in [6.45, 7) is 6.58. The first-order valence-electron chi connectivity index (χ1n) is 14.6. The van der Waals surface area contributed by atoms with Gasteiger partial charge in [0.2, 0.25) is 0 Å². The molecule has 8 heteroatoms. The Hall–Kier alpha value is -4.27. The zero-order chi connectivity index (χ0) is 31.4. The minimum atomic E-state index is -0.754. The summed E-state index contributed by atoms with van der Waals surface area (Å²) >= 11 is 1.51. The van der Waals surface area contributed by atoms with Gasteiger partial charge in [-0.25, -0.2) is 4.39 Å². The maximum Gasteiger partial charge on any atom is 0.303 e. The smallest absolute Gasteiger partial charge is 0.303 e. The summed E-state index contributed by atoms with van der Waals surface area (Å²) in [6.07, 6.45) is 0.992. The zero-order valence-corrected chi connectivity index (χ0v) is 26.5. The number of carbonyl (C=O) groups is 1. The van der Waals surface area contributed by atoms with Crippen molar-refractivity contribution < 1.29 is 18.7 Å². The predicted octanol–water partition coefficient (Wildman–Crippen LogP) is 7.82. The molecular formula is C36H37FN2O4S. The number of aromatic nitrogens is 1. The maximum absolute atomic E-state index is 15.0. The normalized spacial score (nSPS) is 12.2. The van der Waals surface area contributed by atoms with Crippen LogP contribution in [0.25, 0.3) is 20.7 Å². The molecular weight excluding hydrogens is 575 g/mol. The van der Waals surface area contributed by atoms with Crippen molar-refractivity contribution in [1.29, 1.82) is 0 Å². The van der Waals surface area contributed by atoms with Gasteiger partial charge in [0, 0.05) is 36.7 Å². The van der Waals surface area contributed by atoms with Crippen molar-refractivity contribution in [3.8, 4) is 16.2 Å². The molecule has 0 saturated carbocycles. The SMILES string of the molecule is COc1ccc(-c2sc3c(c2CN(C)Cc2ccccc2)c(=O)c(C(OC(C)=O)C(C)C)cn3Cc2ccccc2F)cc1. The summed E-state index contributed by atoms with van der Waals surface area (Å²) < 4.78 is 28.0. The number of halogens is 1. The summed E-state index contributed by atoms with van der Waals surface area (Å²) in [5, 5.41) is 0.562. The molecule has 3 aromatic carbocycles. The number of thiophene rings is 1. The average molecular weight is 613 g/mol. The van der Waals surface area contributed by atoms with E-state index in [9.17, 15) is 14.0 Å². The van der Waals surface area contributed by atoms with Crippen molar-refractivity contribution in [2.75, 3.05) is 14.2 Å². The Morgan fingerprint density at radius 1 is 0.977 bits per heavy atom. The molecule has 0 aliphatic rings. The Kier molecular flexibility index (Phi) is 9.61. The van der Waals surface area contributed by atoms with Crippen LogP contribution < -0.4 is 10.2 Å². The molecule has 0 radical (unpaired) electrons. The van der Waals surface area contributed by atoms with Crippen LogP contribution in [-0.4, -0.2) is 29.6 Å². The average Bonchev–Trinajstić information content (AvgIpc) is 3.38. The first kappa shape index (κ1) is 31.2. The van der Waals surface area contributed by atoms with E-state index >= 15 is 0 Å². The van der Waals surface area contributed by atoms with Crippen LogP contribution in [0.3, 0.4) is 0 Å². The molecule has 228 valence electrons. The Balaban J connectivity index is 1.76. The molecule has 6 nitrogen and oxygen atoms in total. The number of benzene rings is 3. The summed E-state index contributed by atoms with van der Waals surface area (Å²) in [5.41, 5.74) is 3.70. The van der Waals surface area contributed by atoms with Gasteiger partial charge in [-0.15, -0.1) is 11.3 Å². The van der Waals surface area contributed by atoms with E-state index in [0.29, 0.717) is 29.6 Å². The van der Waals surface area contributed by atoms with E-state index in [2.05, 4.69) is 17.0 Å². The highest BCUT2D eigenvalue weighted by Gasteiger charge is 2.28. The maximum atomic E-state index is 15.0. The molecule has 0 bridgehead atoms. The van der Waals surface area contributed by atoms with Gasteiger partial charge in [0.25, 0.3) is 0 Å². The van der Waals surface area contributed by atoms with E-state index in [1.54, 1.807) is 31.5 Å². The molecule has 0 fully saturated rings. The summed E-state index contributed by atoms with van der Waals surface area (Å²) in [5.74, 6) is -0.206. The number of esters is 1. The highest BCUT2D eigenvalue weighted by atomic mass is 32.1. The van der Waals surface area contributed by atoms with Crippen molar-refractivity contribution in [1.82, 2.24) is 9.47 Å². The number of hydrogen-bond acceptors (Lipinski definition) is 6. The van der Waals surface area contributed by atoms with Gasteiger partial charge in [-0.1, -0.05) is 62.4 Å². The Bertz CT molecular complexity index is 1810. The van der Waals surface area contributed by atoms with Crippen molar-refractivity contribution in [3.05, 3.63) is 123 Å². The number of nitrogens with zero attached hydrogens (tertiary/aromatic N) is 2. The lowest BCUT2D eigenvalue weighted by Crippen LogP contribution is -2.25. The second-order valence-corrected chi connectivity index (χ2v) is 12.4. The fourth-order valence-electron chi connectivity index (χ4n) is 5.53. The lowest BCUT2D eigenvalue weighted by atomic mass is 9.97. The topological polar surface area (TPSA) is 60.8 Å². The molecule has 1 unspecified atom stereocenters. The lowest BCUT2D eigenvalue weighted by molar-refractivity contribution is -0.149. The van der Waals surface area contributed by atoms with Gasteiger partial charge in [-0.05, 0) is 60.0 Å². The van der Waals surface area contributed by atoms with E-state index in [1.807, 2.05) is 67.9 Å². The Labute approximate surface area is 261 Å². The molecule has 0 saturated heterocycles. The molecule has 2 aromatic heterocycles. The molecule has 0 aliphatic heterocycles. The summed E-state index contributed by atoms with van der Waals surface area (Å²) in [6, 6.07) is 24.6. The molecule has 0 spiro atoms. The van der Waals surface area contributed by atoms with Crippen LogP contribution in [0.2, 0.25) is 0 Å². The highest BCUT2D eigenvalue weighted by Crippen LogP contribution is 2.40. The molecule has 1 atom stereocenters. The van der Waals surface area contributed by atoms with Crippen molar-refractivity contribution in [3.63, 3.8) is 0 Å². The third kappa shape index (κ3) is 6.77. The second-order valence-electron chi connectivity index (χ2n) is 11.4. The third-order valence-electron chi connectivity index (χ3n) is 7.61. The van der Waals surface area contributed by atoms with Gasteiger partial charge in [0.15, 0.2) is 5.43 Å². The fourth-order valence-corrected chi connectivity index (χ4v) is 6.82. The van der Waals surface area contributed by atoms with Crippen molar-refractivity contribution in [2.24, 2.45) is 5.92 Å². The van der Waals surface area contributed by atoms with E-state index in [4.69, 9.17) is 9.47 Å². The van der Waals surface area contributed by atoms with E-state index in [1.165, 1.54) is 24.3 Å². The molecule has 5 aromatic rings. The van der Waals surface area contributed by atoms with Crippen LogP contribution in [0.4, 0.5) is 4.39 Å². The first-order chi connectivity index (χ1) is 21.2. The quantitative estimate of drug-likeness (QED) is 0.142. The van der Waals surface area contributed by atoms with Gasteiger partial charge < -0.3 is 14.0 Å². The van der Waals surface area contributed by atoms with Gasteiger partial charge in [-0.2, -0.15) is 0 Å². The predicted molar refractivity (Wildman–Crippen MR) is 175 cm³/mol. The number of hydrogen-bond donors (Lipinski definition) is 0. The van der Waals surface area contributed by atoms with Crippen LogP contribution in [0.15, 0.2) is 89.9 Å².